The molecule has 1 N–H and O–H groups in total. The molecule has 5 nitrogen and oxygen atoms in total. The molecule has 0 fully saturated rings. The lowest BCUT2D eigenvalue weighted by atomic mass is 10.1. The highest BCUT2D eigenvalue weighted by atomic mass is 35.5. The number of nitrogens with one attached hydrogen (secondary N) is 1. The summed E-state index contributed by atoms with van der Waals surface area (Å²) in [5.41, 5.74) is 0.930. The van der Waals surface area contributed by atoms with Crippen molar-refractivity contribution < 1.29 is 4.39 Å². The van der Waals surface area contributed by atoms with Crippen LogP contribution < -0.4 is 5.56 Å². The number of H-pyrrole nitrogens is 1. The van der Waals surface area contributed by atoms with Crippen LogP contribution in [-0.2, 0) is 0 Å². The van der Waals surface area contributed by atoms with Crippen LogP contribution in [0, 0.1) is 5.82 Å². The van der Waals surface area contributed by atoms with Crippen LogP contribution in [-0.4, -0.2) is 19.8 Å². The molecule has 0 radical (unpaired) electrons. The first kappa shape index (κ1) is 13.0. The average Bonchev–Trinajstić information content (AvgIpc) is 2.91. The summed E-state index contributed by atoms with van der Waals surface area (Å²) in [4.78, 5) is 16.2. The normalized spacial score (nSPS) is 11.4. The van der Waals surface area contributed by atoms with Gasteiger partial charge in [-0.1, -0.05) is 23.7 Å². The highest BCUT2D eigenvalue weighted by Gasteiger charge is 2.16. The van der Waals surface area contributed by atoms with Crippen LogP contribution in [0.3, 0.4) is 0 Å². The van der Waals surface area contributed by atoms with Gasteiger partial charge in [0, 0.05) is 10.6 Å². The van der Waals surface area contributed by atoms with Crippen molar-refractivity contribution >= 4 is 28.2 Å². The summed E-state index contributed by atoms with van der Waals surface area (Å²) in [6, 6.07) is 11.0. The number of hydrogen-bond acceptors (Lipinski definition) is 3. The standard InChI is InChI=1S/C15H8ClFN4O/c16-8-5-6-10-12(7-8)21-14(18-15(10)22)13(19-20-21)9-3-1-2-4-11(9)17/h1-7,20H. The summed E-state index contributed by atoms with van der Waals surface area (Å²) in [6.45, 7) is 0. The van der Waals surface area contributed by atoms with Crippen molar-refractivity contribution in [2.24, 2.45) is 0 Å². The number of hydrogen-bond donors (Lipinski definition) is 1. The molecule has 0 aliphatic rings. The SMILES string of the molecule is O=c1nc2c(-c3ccccc3F)n[nH]n2c2cc(Cl)ccc12. The van der Waals surface area contributed by atoms with Crippen molar-refractivity contribution in [2.45, 2.75) is 0 Å². The van der Waals surface area contributed by atoms with Crippen LogP contribution in [0.1, 0.15) is 0 Å². The van der Waals surface area contributed by atoms with Crippen LogP contribution >= 0.6 is 11.6 Å². The van der Waals surface area contributed by atoms with E-state index in [0.717, 1.165) is 0 Å². The Bertz CT molecular complexity index is 1090. The molecule has 22 heavy (non-hydrogen) atoms. The van der Waals surface area contributed by atoms with E-state index in [-0.39, 0.29) is 16.9 Å². The topological polar surface area (TPSA) is 63.0 Å². The van der Waals surface area contributed by atoms with Crippen molar-refractivity contribution in [2.75, 3.05) is 0 Å². The van der Waals surface area contributed by atoms with Gasteiger partial charge in [-0.25, -0.2) is 14.1 Å². The molecule has 0 unspecified atom stereocenters. The smallest absolute Gasteiger partial charge is 0.267 e. The lowest BCUT2D eigenvalue weighted by molar-refractivity contribution is 0.630. The molecular weight excluding hydrogens is 307 g/mol. The van der Waals surface area contributed by atoms with Crippen molar-refractivity contribution in [3.63, 3.8) is 0 Å². The number of aromatic nitrogens is 4. The summed E-state index contributed by atoms with van der Waals surface area (Å²) in [6.07, 6.45) is 0. The molecule has 0 bridgehead atoms. The summed E-state index contributed by atoms with van der Waals surface area (Å²) in [5.74, 6) is -0.433. The first-order chi connectivity index (χ1) is 10.6. The third-order valence-electron chi connectivity index (χ3n) is 3.45. The Balaban J connectivity index is 2.15. The number of rotatable bonds is 1. The predicted molar refractivity (Wildman–Crippen MR) is 81.5 cm³/mol. The maximum Gasteiger partial charge on any atom is 0.281 e. The highest BCUT2D eigenvalue weighted by Crippen LogP contribution is 2.25. The van der Waals surface area contributed by atoms with Gasteiger partial charge in [-0.2, -0.15) is 10.1 Å². The fourth-order valence-corrected chi connectivity index (χ4v) is 2.60. The summed E-state index contributed by atoms with van der Waals surface area (Å²) in [7, 11) is 0. The molecule has 0 aliphatic heterocycles. The molecule has 108 valence electrons. The van der Waals surface area contributed by atoms with Crippen molar-refractivity contribution in [3.05, 3.63) is 63.7 Å². The zero-order valence-corrected chi connectivity index (χ0v) is 11.8. The molecule has 2 heterocycles. The highest BCUT2D eigenvalue weighted by molar-refractivity contribution is 6.31. The van der Waals surface area contributed by atoms with Gasteiger partial charge in [-0.15, -0.1) is 0 Å². The first-order valence-electron chi connectivity index (χ1n) is 6.46. The van der Waals surface area contributed by atoms with Crippen molar-refractivity contribution in [1.29, 1.82) is 0 Å². The minimum absolute atomic E-state index is 0.255. The van der Waals surface area contributed by atoms with E-state index in [0.29, 0.717) is 15.9 Å². The third kappa shape index (κ3) is 1.81. The van der Waals surface area contributed by atoms with Crippen LogP contribution in [0.15, 0.2) is 47.3 Å². The van der Waals surface area contributed by atoms with Gasteiger partial charge < -0.3 is 0 Å². The van der Waals surface area contributed by atoms with E-state index in [4.69, 9.17) is 11.6 Å². The quantitative estimate of drug-likeness (QED) is 0.587. The lowest BCUT2D eigenvalue weighted by Gasteiger charge is -2.02. The Kier molecular flexibility index (Phi) is 2.74. The van der Waals surface area contributed by atoms with Gasteiger partial charge in [0.15, 0.2) is 5.65 Å². The molecule has 2 aromatic carbocycles. The van der Waals surface area contributed by atoms with E-state index in [1.165, 1.54) is 10.6 Å². The minimum Gasteiger partial charge on any atom is -0.267 e. The average molecular weight is 315 g/mol. The van der Waals surface area contributed by atoms with Crippen molar-refractivity contribution in [1.82, 2.24) is 19.8 Å². The molecule has 0 spiro atoms. The molecule has 4 rings (SSSR count). The third-order valence-corrected chi connectivity index (χ3v) is 3.69. The van der Waals surface area contributed by atoms with Gasteiger partial charge in [0.1, 0.15) is 11.5 Å². The molecule has 2 aromatic heterocycles. The number of fused-ring (bicyclic) bond motifs is 3. The fraction of sp³-hybridized carbons (Fsp3) is 0. The molecule has 4 aromatic rings. The van der Waals surface area contributed by atoms with Gasteiger partial charge in [-0.05, 0) is 30.3 Å². The number of benzene rings is 2. The first-order valence-corrected chi connectivity index (χ1v) is 6.84. The number of nitrogens with zero attached hydrogens (tertiary/aromatic N) is 3. The molecule has 0 saturated heterocycles. The predicted octanol–water partition coefficient (Wildman–Crippen LogP) is 3.03. The monoisotopic (exact) mass is 314 g/mol. The van der Waals surface area contributed by atoms with Gasteiger partial charge in [0.2, 0.25) is 0 Å². The Hall–Kier alpha value is -2.73. The van der Waals surface area contributed by atoms with E-state index in [1.807, 2.05) is 0 Å². The van der Waals surface area contributed by atoms with Crippen molar-refractivity contribution in [3.8, 4) is 11.3 Å². The van der Waals surface area contributed by atoms with E-state index in [1.54, 1.807) is 36.4 Å². The van der Waals surface area contributed by atoms with E-state index < -0.39 is 11.4 Å². The Morgan fingerprint density at radius 2 is 2.00 bits per heavy atom. The van der Waals surface area contributed by atoms with E-state index in [9.17, 15) is 9.18 Å². The lowest BCUT2D eigenvalue weighted by Crippen LogP contribution is -2.10. The second-order valence-electron chi connectivity index (χ2n) is 4.78. The fourth-order valence-electron chi connectivity index (χ4n) is 2.44. The maximum absolute atomic E-state index is 14.0. The van der Waals surface area contributed by atoms with Crippen LogP contribution in [0.5, 0.6) is 0 Å². The molecular formula is C15H8ClFN4O. The zero-order valence-electron chi connectivity index (χ0n) is 11.0. The van der Waals surface area contributed by atoms with Gasteiger partial charge >= 0.3 is 0 Å². The van der Waals surface area contributed by atoms with Gasteiger partial charge in [0.25, 0.3) is 5.56 Å². The Labute approximate surface area is 128 Å². The molecule has 7 heteroatoms. The second-order valence-corrected chi connectivity index (χ2v) is 5.21. The second kappa shape index (κ2) is 4.64. The zero-order chi connectivity index (χ0) is 15.3. The number of halogens is 2. The van der Waals surface area contributed by atoms with E-state index >= 15 is 0 Å². The molecule has 0 aliphatic carbocycles. The van der Waals surface area contributed by atoms with E-state index in [2.05, 4.69) is 15.3 Å². The Morgan fingerprint density at radius 3 is 2.82 bits per heavy atom. The molecule has 0 saturated carbocycles. The van der Waals surface area contributed by atoms with Crippen LogP contribution in [0.4, 0.5) is 4.39 Å². The summed E-state index contributed by atoms with van der Waals surface area (Å²) >= 11 is 5.99. The maximum atomic E-state index is 14.0. The minimum atomic E-state index is -0.433. The van der Waals surface area contributed by atoms with Crippen LogP contribution in [0.2, 0.25) is 5.02 Å². The van der Waals surface area contributed by atoms with Gasteiger partial charge in [0.05, 0.1) is 10.9 Å². The molecule has 0 amide bonds. The summed E-state index contributed by atoms with van der Waals surface area (Å²) < 4.78 is 15.5. The number of aromatic amines is 1. The summed E-state index contributed by atoms with van der Waals surface area (Å²) in [5, 5.41) is 7.74. The van der Waals surface area contributed by atoms with Crippen LogP contribution in [0.25, 0.3) is 27.8 Å². The largest absolute Gasteiger partial charge is 0.281 e. The Morgan fingerprint density at radius 1 is 1.18 bits per heavy atom. The molecule has 0 atom stereocenters. The van der Waals surface area contributed by atoms with Gasteiger partial charge in [-0.3, -0.25) is 4.79 Å².